The van der Waals surface area contributed by atoms with Crippen LogP contribution in [0.15, 0.2) is 0 Å². The molecule has 0 aliphatic heterocycles. The maximum atomic E-state index is 12.5. The van der Waals surface area contributed by atoms with Crippen molar-refractivity contribution in [3.05, 3.63) is 16.4 Å². The Morgan fingerprint density at radius 2 is 1.71 bits per heavy atom. The van der Waals surface area contributed by atoms with E-state index in [1.165, 1.54) is 0 Å². The molecule has 0 amide bonds. The largest absolute Gasteiger partial charge is 0.433 e. The van der Waals surface area contributed by atoms with E-state index in [1.54, 1.807) is 20.8 Å². The molecule has 14 heavy (non-hydrogen) atoms. The summed E-state index contributed by atoms with van der Waals surface area (Å²) < 4.78 is 37.4. The minimum atomic E-state index is -4.44. The number of H-pyrrole nitrogens is 1. The van der Waals surface area contributed by atoms with Crippen LogP contribution in [0.2, 0.25) is 5.15 Å². The predicted molar refractivity (Wildman–Crippen MR) is 47.3 cm³/mol. The topological polar surface area (TPSA) is 28.7 Å². The zero-order valence-corrected chi connectivity index (χ0v) is 8.72. The van der Waals surface area contributed by atoms with E-state index in [0.717, 1.165) is 0 Å². The molecule has 1 aromatic heterocycles. The predicted octanol–water partition coefficient (Wildman–Crippen LogP) is 3.38. The lowest BCUT2D eigenvalue weighted by atomic mass is 9.87. The number of nitrogens with zero attached hydrogens (tertiary/aromatic N) is 1. The summed E-state index contributed by atoms with van der Waals surface area (Å²) in [6, 6.07) is 0. The Bertz CT molecular complexity index is 335. The highest BCUT2D eigenvalue weighted by Crippen LogP contribution is 2.39. The molecule has 0 fully saturated rings. The molecule has 80 valence electrons. The molecule has 0 aliphatic rings. The van der Waals surface area contributed by atoms with E-state index < -0.39 is 17.3 Å². The summed E-state index contributed by atoms with van der Waals surface area (Å²) in [6.45, 7) is 4.96. The molecular weight excluding hydrogens is 217 g/mol. The maximum Gasteiger partial charge on any atom is 0.433 e. The molecule has 1 heterocycles. The third kappa shape index (κ3) is 2.03. The van der Waals surface area contributed by atoms with Gasteiger partial charge in [0, 0.05) is 5.56 Å². The summed E-state index contributed by atoms with van der Waals surface area (Å²) in [4.78, 5) is 0. The van der Waals surface area contributed by atoms with E-state index in [4.69, 9.17) is 11.6 Å². The van der Waals surface area contributed by atoms with Crippen molar-refractivity contribution in [2.75, 3.05) is 0 Å². The molecule has 0 saturated heterocycles. The first-order valence-corrected chi connectivity index (χ1v) is 4.33. The first-order valence-electron chi connectivity index (χ1n) is 3.95. The molecule has 0 atom stereocenters. The molecule has 0 radical (unpaired) electrons. The van der Waals surface area contributed by atoms with E-state index in [2.05, 4.69) is 5.10 Å². The van der Waals surface area contributed by atoms with E-state index >= 15 is 0 Å². The third-order valence-corrected chi connectivity index (χ3v) is 2.03. The summed E-state index contributed by atoms with van der Waals surface area (Å²) >= 11 is 5.59. The van der Waals surface area contributed by atoms with Crippen molar-refractivity contribution < 1.29 is 13.2 Å². The standard InChI is InChI=1S/C8H10ClF3N2/c1-7(2,3)4-5(8(10,11)12)13-14-6(4)9/h1-3H3,(H,13,14). The normalized spacial score (nSPS) is 13.4. The number of alkyl halides is 3. The SMILES string of the molecule is CC(C)(C)c1c(Cl)n[nH]c1C(F)(F)F. The van der Waals surface area contributed by atoms with E-state index in [1.807, 2.05) is 5.10 Å². The first kappa shape index (κ1) is 11.4. The van der Waals surface area contributed by atoms with Gasteiger partial charge in [0.05, 0.1) is 0 Å². The van der Waals surface area contributed by atoms with Crippen LogP contribution in [0.1, 0.15) is 32.0 Å². The number of nitrogens with one attached hydrogen (secondary N) is 1. The molecule has 1 rings (SSSR count). The van der Waals surface area contributed by atoms with Crippen LogP contribution in [0.4, 0.5) is 13.2 Å². The van der Waals surface area contributed by atoms with E-state index in [-0.39, 0.29) is 10.7 Å². The molecule has 6 heteroatoms. The van der Waals surface area contributed by atoms with Crippen molar-refractivity contribution >= 4 is 11.6 Å². The van der Waals surface area contributed by atoms with Crippen LogP contribution in [0.5, 0.6) is 0 Å². The van der Waals surface area contributed by atoms with Gasteiger partial charge >= 0.3 is 6.18 Å². The number of halogens is 4. The molecule has 0 spiro atoms. The summed E-state index contributed by atoms with van der Waals surface area (Å²) in [7, 11) is 0. The molecule has 1 N–H and O–H groups in total. The Morgan fingerprint density at radius 3 is 2.00 bits per heavy atom. The average Bonchev–Trinajstić information content (AvgIpc) is 2.27. The van der Waals surface area contributed by atoms with Crippen LogP contribution >= 0.6 is 11.6 Å². The Kier molecular flexibility index (Phi) is 2.56. The van der Waals surface area contributed by atoms with Gasteiger partial charge < -0.3 is 0 Å². The lowest BCUT2D eigenvalue weighted by Gasteiger charge is -2.20. The lowest BCUT2D eigenvalue weighted by molar-refractivity contribution is -0.142. The van der Waals surface area contributed by atoms with Gasteiger partial charge in [0.2, 0.25) is 0 Å². The maximum absolute atomic E-state index is 12.5. The number of rotatable bonds is 0. The van der Waals surface area contributed by atoms with Crippen molar-refractivity contribution in [3.63, 3.8) is 0 Å². The summed E-state index contributed by atoms with van der Waals surface area (Å²) in [5.74, 6) is 0. The van der Waals surface area contributed by atoms with E-state index in [0.29, 0.717) is 0 Å². The average molecular weight is 227 g/mol. The Hall–Kier alpha value is -0.710. The van der Waals surface area contributed by atoms with Gasteiger partial charge in [-0.2, -0.15) is 18.3 Å². The second-order valence-corrected chi connectivity index (χ2v) is 4.37. The van der Waals surface area contributed by atoms with Gasteiger partial charge in [0.25, 0.3) is 0 Å². The van der Waals surface area contributed by atoms with Crippen molar-refractivity contribution in [1.29, 1.82) is 0 Å². The van der Waals surface area contributed by atoms with Crippen molar-refractivity contribution in [1.82, 2.24) is 10.2 Å². The van der Waals surface area contributed by atoms with Gasteiger partial charge in [0.1, 0.15) is 5.69 Å². The molecule has 2 nitrogen and oxygen atoms in total. The highest BCUT2D eigenvalue weighted by Gasteiger charge is 2.40. The molecule has 0 aliphatic carbocycles. The fourth-order valence-electron chi connectivity index (χ4n) is 1.21. The van der Waals surface area contributed by atoms with Crippen LogP contribution in [0, 0.1) is 0 Å². The fourth-order valence-corrected chi connectivity index (χ4v) is 1.63. The van der Waals surface area contributed by atoms with Gasteiger partial charge in [-0.15, -0.1) is 0 Å². The van der Waals surface area contributed by atoms with Crippen molar-refractivity contribution in [3.8, 4) is 0 Å². The molecule has 1 aromatic rings. The lowest BCUT2D eigenvalue weighted by Crippen LogP contribution is -2.18. The number of aromatic amines is 1. The number of aromatic nitrogens is 2. The Balaban J connectivity index is 3.35. The number of hydrogen-bond donors (Lipinski definition) is 1. The van der Waals surface area contributed by atoms with Crippen LogP contribution in [0.3, 0.4) is 0 Å². The zero-order valence-electron chi connectivity index (χ0n) is 7.96. The zero-order chi connectivity index (χ0) is 11.1. The van der Waals surface area contributed by atoms with E-state index in [9.17, 15) is 13.2 Å². The second kappa shape index (κ2) is 3.15. The van der Waals surface area contributed by atoms with Gasteiger partial charge in [-0.3, -0.25) is 5.10 Å². The molecular formula is C8H10ClF3N2. The van der Waals surface area contributed by atoms with Crippen molar-refractivity contribution in [2.24, 2.45) is 0 Å². The summed E-state index contributed by atoms with van der Waals surface area (Å²) in [5.41, 5.74) is -1.55. The number of hydrogen-bond acceptors (Lipinski definition) is 1. The minimum absolute atomic E-state index is 0.00617. The molecule has 0 unspecified atom stereocenters. The van der Waals surface area contributed by atoms with Gasteiger partial charge in [0.15, 0.2) is 5.15 Å². The van der Waals surface area contributed by atoms with Crippen molar-refractivity contribution in [2.45, 2.75) is 32.4 Å². The monoisotopic (exact) mass is 226 g/mol. The minimum Gasteiger partial charge on any atom is -0.272 e. The fraction of sp³-hybridized carbons (Fsp3) is 0.625. The van der Waals surface area contributed by atoms with Crippen LogP contribution in [0.25, 0.3) is 0 Å². The van der Waals surface area contributed by atoms with Gasteiger partial charge in [-0.1, -0.05) is 32.4 Å². The quantitative estimate of drug-likeness (QED) is 0.722. The smallest absolute Gasteiger partial charge is 0.272 e. The first-order chi connectivity index (χ1) is 6.14. The second-order valence-electron chi connectivity index (χ2n) is 4.01. The molecule has 0 bridgehead atoms. The third-order valence-electron chi connectivity index (χ3n) is 1.76. The van der Waals surface area contributed by atoms with Crippen LogP contribution in [-0.4, -0.2) is 10.2 Å². The Labute approximate surface area is 84.5 Å². The van der Waals surface area contributed by atoms with Gasteiger partial charge in [-0.25, -0.2) is 0 Å². The summed E-state index contributed by atoms with van der Waals surface area (Å²) in [5, 5.41) is 5.16. The molecule has 0 saturated carbocycles. The highest BCUT2D eigenvalue weighted by molar-refractivity contribution is 6.30. The summed E-state index contributed by atoms with van der Waals surface area (Å²) in [6.07, 6.45) is -4.44. The van der Waals surface area contributed by atoms with Crippen LogP contribution in [-0.2, 0) is 11.6 Å². The molecule has 0 aromatic carbocycles. The van der Waals surface area contributed by atoms with Gasteiger partial charge in [-0.05, 0) is 5.41 Å². The Morgan fingerprint density at radius 1 is 1.21 bits per heavy atom. The van der Waals surface area contributed by atoms with Crippen LogP contribution < -0.4 is 0 Å². The highest BCUT2D eigenvalue weighted by atomic mass is 35.5.